The molecule has 118 valence electrons. The number of benzene rings is 1. The molecule has 0 unspecified atom stereocenters. The van der Waals surface area contributed by atoms with Gasteiger partial charge in [-0.25, -0.2) is 0 Å². The first-order valence-electron chi connectivity index (χ1n) is 8.39. The van der Waals surface area contributed by atoms with E-state index in [1.54, 1.807) is 7.11 Å². The number of fused-ring (bicyclic) bond motifs is 5. The minimum Gasteiger partial charge on any atom is -0.497 e. The molecule has 2 fully saturated rings. The number of halogens is 1. The molecule has 1 aromatic carbocycles. The lowest BCUT2D eigenvalue weighted by atomic mass is 9.55. The van der Waals surface area contributed by atoms with Gasteiger partial charge in [-0.3, -0.25) is 4.79 Å². The number of ether oxygens (including phenoxy) is 1. The van der Waals surface area contributed by atoms with E-state index >= 15 is 0 Å². The molecule has 1 aromatic rings. The lowest BCUT2D eigenvalue weighted by molar-refractivity contribution is -0.129. The summed E-state index contributed by atoms with van der Waals surface area (Å²) >= 11 is 6.83. The normalized spacial score (nSPS) is 39.9. The van der Waals surface area contributed by atoms with Crippen molar-refractivity contribution in [2.75, 3.05) is 7.11 Å². The van der Waals surface area contributed by atoms with Crippen LogP contribution in [0.2, 0.25) is 0 Å². The van der Waals surface area contributed by atoms with Crippen LogP contribution < -0.4 is 4.74 Å². The zero-order valence-corrected chi connectivity index (χ0v) is 14.0. The average molecular weight is 319 g/mol. The van der Waals surface area contributed by atoms with Crippen LogP contribution in [0.5, 0.6) is 5.75 Å². The fourth-order valence-electron chi connectivity index (χ4n) is 5.48. The summed E-state index contributed by atoms with van der Waals surface area (Å²) in [7, 11) is 1.72. The maximum atomic E-state index is 12.4. The molecule has 0 heterocycles. The first-order chi connectivity index (χ1) is 10.5. The van der Waals surface area contributed by atoms with Crippen molar-refractivity contribution in [3.05, 3.63) is 29.3 Å². The molecule has 2 saturated carbocycles. The number of carbonyl (C=O) groups is 1. The van der Waals surface area contributed by atoms with E-state index in [1.807, 2.05) is 0 Å². The van der Waals surface area contributed by atoms with Crippen LogP contribution in [-0.2, 0) is 11.2 Å². The number of carbonyl (C=O) groups excluding carboxylic acids is 1. The number of methoxy groups -OCH3 is 1. The molecule has 4 rings (SSSR count). The maximum absolute atomic E-state index is 12.4. The van der Waals surface area contributed by atoms with Gasteiger partial charge in [-0.15, -0.1) is 11.6 Å². The topological polar surface area (TPSA) is 26.3 Å². The Labute approximate surface area is 137 Å². The summed E-state index contributed by atoms with van der Waals surface area (Å²) < 4.78 is 5.36. The Morgan fingerprint density at radius 1 is 1.27 bits per heavy atom. The Hall–Kier alpha value is -1.02. The highest BCUT2D eigenvalue weighted by Crippen LogP contribution is 2.60. The van der Waals surface area contributed by atoms with Crippen molar-refractivity contribution in [2.24, 2.45) is 17.3 Å². The van der Waals surface area contributed by atoms with E-state index < -0.39 is 0 Å². The van der Waals surface area contributed by atoms with E-state index in [4.69, 9.17) is 16.3 Å². The van der Waals surface area contributed by atoms with E-state index in [-0.39, 0.29) is 10.8 Å². The number of ketones is 1. The first kappa shape index (κ1) is 14.6. The zero-order valence-electron chi connectivity index (χ0n) is 13.3. The van der Waals surface area contributed by atoms with Crippen molar-refractivity contribution in [1.29, 1.82) is 0 Å². The van der Waals surface area contributed by atoms with Gasteiger partial charge in [0, 0.05) is 23.1 Å². The monoisotopic (exact) mass is 318 g/mol. The third kappa shape index (κ3) is 1.89. The summed E-state index contributed by atoms with van der Waals surface area (Å²) in [5.74, 6) is 2.87. The Morgan fingerprint density at radius 2 is 2.09 bits per heavy atom. The Balaban J connectivity index is 1.75. The van der Waals surface area contributed by atoms with Gasteiger partial charge in [-0.1, -0.05) is 13.0 Å². The molecule has 0 aromatic heterocycles. The van der Waals surface area contributed by atoms with E-state index in [9.17, 15) is 4.79 Å². The average Bonchev–Trinajstić information content (AvgIpc) is 2.81. The molecule has 22 heavy (non-hydrogen) atoms. The fourth-order valence-corrected chi connectivity index (χ4v) is 6.12. The summed E-state index contributed by atoms with van der Waals surface area (Å²) in [6, 6.07) is 6.43. The molecule has 0 aliphatic heterocycles. The van der Waals surface area contributed by atoms with Crippen molar-refractivity contribution in [3.63, 3.8) is 0 Å². The van der Waals surface area contributed by atoms with Crippen LogP contribution >= 0.6 is 11.6 Å². The minimum absolute atomic E-state index is 0.0701. The molecule has 0 bridgehead atoms. The summed E-state index contributed by atoms with van der Waals surface area (Å²) in [6.07, 6.45) is 4.89. The summed E-state index contributed by atoms with van der Waals surface area (Å²) in [4.78, 5) is 12.4. The maximum Gasteiger partial charge on any atom is 0.139 e. The van der Waals surface area contributed by atoms with Crippen LogP contribution in [0.3, 0.4) is 0 Å². The molecule has 0 spiro atoms. The van der Waals surface area contributed by atoms with Gasteiger partial charge < -0.3 is 4.74 Å². The summed E-state index contributed by atoms with van der Waals surface area (Å²) in [5, 5.41) is 0.0701. The van der Waals surface area contributed by atoms with Gasteiger partial charge in [0.1, 0.15) is 11.5 Å². The molecule has 0 amide bonds. The van der Waals surface area contributed by atoms with Crippen molar-refractivity contribution >= 4 is 17.4 Å². The Morgan fingerprint density at radius 3 is 2.86 bits per heavy atom. The van der Waals surface area contributed by atoms with E-state index in [0.29, 0.717) is 23.5 Å². The molecular weight excluding hydrogens is 296 g/mol. The van der Waals surface area contributed by atoms with Crippen LogP contribution in [0.1, 0.15) is 49.7 Å². The molecule has 5 atom stereocenters. The highest BCUT2D eigenvalue weighted by molar-refractivity contribution is 6.21. The molecular formula is C19H23ClO2. The van der Waals surface area contributed by atoms with Gasteiger partial charge in [0.25, 0.3) is 0 Å². The van der Waals surface area contributed by atoms with Crippen molar-refractivity contribution in [1.82, 2.24) is 0 Å². The third-order valence-corrected chi connectivity index (χ3v) is 7.01. The highest BCUT2D eigenvalue weighted by atomic mass is 35.5. The van der Waals surface area contributed by atoms with E-state index in [0.717, 1.165) is 37.9 Å². The van der Waals surface area contributed by atoms with Gasteiger partial charge >= 0.3 is 0 Å². The Bertz CT molecular complexity index is 626. The number of alkyl halides is 1. The third-order valence-electron chi connectivity index (χ3n) is 6.58. The molecule has 0 N–H and O–H groups in total. The van der Waals surface area contributed by atoms with Gasteiger partial charge in [-0.05, 0) is 60.8 Å². The van der Waals surface area contributed by atoms with E-state index in [1.165, 1.54) is 11.1 Å². The largest absolute Gasteiger partial charge is 0.497 e. The number of aryl methyl sites for hydroxylation is 1. The quantitative estimate of drug-likeness (QED) is 0.720. The Kier molecular flexibility index (Phi) is 3.30. The number of hydrogen-bond donors (Lipinski definition) is 0. The minimum atomic E-state index is -0.169. The summed E-state index contributed by atoms with van der Waals surface area (Å²) in [5.41, 5.74) is 2.62. The fraction of sp³-hybridized carbons (Fsp3) is 0.632. The standard InChI is InChI=1S/C19H23ClO2/c1-19-10-16(20)18-13-6-4-12(22-2)9-11(13)3-5-14(18)15(19)7-8-17(19)21/h4,6,9,14-16,18H,3,5,7-8,10H2,1-2H3/t14-,15-,16-,18+,19-/m0/s1. The second-order valence-corrected chi connectivity index (χ2v) is 8.06. The number of hydrogen-bond acceptors (Lipinski definition) is 2. The van der Waals surface area contributed by atoms with Gasteiger partial charge in [0.05, 0.1) is 7.11 Å². The van der Waals surface area contributed by atoms with Crippen LogP contribution in [0.25, 0.3) is 0 Å². The van der Waals surface area contributed by atoms with Gasteiger partial charge in [0.2, 0.25) is 0 Å². The van der Waals surface area contributed by atoms with Crippen molar-refractivity contribution in [2.45, 2.75) is 50.3 Å². The molecule has 3 heteroatoms. The molecule has 2 nitrogen and oxygen atoms in total. The highest BCUT2D eigenvalue weighted by Gasteiger charge is 2.57. The lowest BCUT2D eigenvalue weighted by Gasteiger charge is -2.50. The van der Waals surface area contributed by atoms with Crippen molar-refractivity contribution in [3.8, 4) is 5.75 Å². The second kappa shape index (κ2) is 4.99. The predicted molar refractivity (Wildman–Crippen MR) is 87.6 cm³/mol. The SMILES string of the molecule is COc1ccc2c(c1)CC[C@@H]1[C@@H]2[C@@H](Cl)C[C@]2(C)C(=O)CC[C@@H]12. The van der Waals surface area contributed by atoms with Crippen LogP contribution in [-0.4, -0.2) is 18.3 Å². The molecule has 3 aliphatic carbocycles. The second-order valence-electron chi connectivity index (χ2n) is 7.50. The summed E-state index contributed by atoms with van der Waals surface area (Å²) in [6.45, 7) is 2.17. The zero-order chi connectivity index (χ0) is 15.5. The van der Waals surface area contributed by atoms with E-state index in [2.05, 4.69) is 25.1 Å². The van der Waals surface area contributed by atoms with Crippen LogP contribution in [0.15, 0.2) is 18.2 Å². The number of Topliss-reactive ketones (excluding diaryl/α,β-unsaturated/α-hetero) is 1. The lowest BCUT2D eigenvalue weighted by Crippen LogP contribution is -2.47. The van der Waals surface area contributed by atoms with Gasteiger partial charge in [-0.2, -0.15) is 0 Å². The molecule has 0 radical (unpaired) electrons. The predicted octanol–water partition coefficient (Wildman–Crippen LogP) is 4.34. The smallest absolute Gasteiger partial charge is 0.139 e. The first-order valence-corrected chi connectivity index (χ1v) is 8.82. The molecule has 3 aliphatic rings. The van der Waals surface area contributed by atoms with Crippen LogP contribution in [0, 0.1) is 17.3 Å². The van der Waals surface area contributed by atoms with Crippen molar-refractivity contribution < 1.29 is 9.53 Å². The van der Waals surface area contributed by atoms with Gasteiger partial charge in [0.15, 0.2) is 0 Å². The molecule has 0 saturated heterocycles. The van der Waals surface area contributed by atoms with Crippen LogP contribution in [0.4, 0.5) is 0 Å². The number of rotatable bonds is 1.